The van der Waals surface area contributed by atoms with Gasteiger partial charge in [-0.15, -0.1) is 11.8 Å². The quantitative estimate of drug-likeness (QED) is 0.668. The van der Waals surface area contributed by atoms with Crippen LogP contribution in [-0.4, -0.2) is 41.8 Å². The molecule has 1 unspecified atom stereocenters. The predicted octanol–water partition coefficient (Wildman–Crippen LogP) is 3.58. The Bertz CT molecular complexity index is 349. The summed E-state index contributed by atoms with van der Waals surface area (Å²) in [5, 5.41) is 3.47. The van der Waals surface area contributed by atoms with Crippen molar-refractivity contribution in [3.63, 3.8) is 0 Å². The van der Waals surface area contributed by atoms with Gasteiger partial charge in [0.25, 0.3) is 0 Å². The van der Waals surface area contributed by atoms with Crippen LogP contribution < -0.4 is 5.32 Å². The lowest BCUT2D eigenvalue weighted by Gasteiger charge is -2.17. The molecule has 1 aromatic heterocycles. The van der Waals surface area contributed by atoms with Crippen LogP contribution >= 0.6 is 11.8 Å². The molecular formula is C16H29N3S. The molecule has 1 heterocycles. The van der Waals surface area contributed by atoms with E-state index in [0.717, 1.165) is 44.0 Å². The van der Waals surface area contributed by atoms with Crippen molar-refractivity contribution in [2.75, 3.05) is 31.9 Å². The van der Waals surface area contributed by atoms with Crippen LogP contribution in [0.15, 0.2) is 23.2 Å². The molecule has 4 heteroatoms. The Labute approximate surface area is 128 Å². The maximum absolute atomic E-state index is 4.61. The fraction of sp³-hybridized carbons (Fsp3) is 0.688. The van der Waals surface area contributed by atoms with Gasteiger partial charge in [-0.25, -0.2) is 0 Å². The lowest BCUT2D eigenvalue weighted by atomic mass is 10.1. The molecule has 0 aliphatic heterocycles. The lowest BCUT2D eigenvalue weighted by Crippen LogP contribution is -2.25. The van der Waals surface area contributed by atoms with Gasteiger partial charge in [0, 0.05) is 29.4 Å². The molecular weight excluding hydrogens is 266 g/mol. The van der Waals surface area contributed by atoms with Gasteiger partial charge < -0.3 is 10.2 Å². The van der Waals surface area contributed by atoms with E-state index >= 15 is 0 Å². The Balaban J connectivity index is 2.45. The van der Waals surface area contributed by atoms with Gasteiger partial charge in [0.2, 0.25) is 0 Å². The highest BCUT2D eigenvalue weighted by Gasteiger charge is 2.08. The summed E-state index contributed by atoms with van der Waals surface area (Å²) in [5.41, 5.74) is 1.16. The number of rotatable bonds is 10. The fourth-order valence-electron chi connectivity index (χ4n) is 2.22. The molecule has 114 valence electrons. The molecule has 1 aromatic rings. The number of pyridine rings is 1. The van der Waals surface area contributed by atoms with Gasteiger partial charge >= 0.3 is 0 Å². The fourth-order valence-corrected chi connectivity index (χ4v) is 3.10. The van der Waals surface area contributed by atoms with E-state index in [1.807, 2.05) is 18.0 Å². The van der Waals surface area contributed by atoms with Crippen LogP contribution in [0, 0.1) is 0 Å². The van der Waals surface area contributed by atoms with E-state index in [1.165, 1.54) is 4.90 Å². The normalized spacial score (nSPS) is 12.8. The molecule has 0 saturated carbocycles. The number of nitrogens with zero attached hydrogens (tertiary/aromatic N) is 2. The van der Waals surface area contributed by atoms with Gasteiger partial charge in [0.1, 0.15) is 0 Å². The maximum atomic E-state index is 4.61. The molecule has 0 fully saturated rings. The van der Waals surface area contributed by atoms with Crippen LogP contribution in [0.25, 0.3) is 0 Å². The molecule has 0 aliphatic carbocycles. The average Bonchev–Trinajstić information content (AvgIpc) is 2.50. The van der Waals surface area contributed by atoms with E-state index in [2.05, 4.69) is 55.0 Å². The monoisotopic (exact) mass is 295 g/mol. The summed E-state index contributed by atoms with van der Waals surface area (Å²) in [6, 6.07) is 4.75. The number of hydrogen-bond acceptors (Lipinski definition) is 4. The van der Waals surface area contributed by atoms with E-state index < -0.39 is 0 Å². The third-order valence-electron chi connectivity index (χ3n) is 3.55. The molecule has 0 amide bonds. The second-order valence-corrected chi connectivity index (χ2v) is 5.98. The maximum Gasteiger partial charge on any atom is 0.0573 e. The molecule has 0 aliphatic rings. The van der Waals surface area contributed by atoms with Gasteiger partial charge in [-0.2, -0.15) is 0 Å². The Kier molecular flexibility index (Phi) is 8.90. The summed E-state index contributed by atoms with van der Waals surface area (Å²) < 4.78 is 0. The smallest absolute Gasteiger partial charge is 0.0573 e. The molecule has 0 spiro atoms. The van der Waals surface area contributed by atoms with E-state index in [9.17, 15) is 0 Å². The highest BCUT2D eigenvalue weighted by Crippen LogP contribution is 2.20. The molecule has 0 bridgehead atoms. The zero-order valence-electron chi connectivity index (χ0n) is 13.4. The summed E-state index contributed by atoms with van der Waals surface area (Å²) in [4.78, 5) is 8.33. The third-order valence-corrected chi connectivity index (χ3v) is 4.51. The summed E-state index contributed by atoms with van der Waals surface area (Å²) in [6.45, 7) is 13.2. The van der Waals surface area contributed by atoms with E-state index in [4.69, 9.17) is 0 Å². The van der Waals surface area contributed by atoms with Crippen molar-refractivity contribution in [3.8, 4) is 0 Å². The Morgan fingerprint density at radius 2 is 1.95 bits per heavy atom. The summed E-state index contributed by atoms with van der Waals surface area (Å²) in [7, 11) is 0. The summed E-state index contributed by atoms with van der Waals surface area (Å²) >= 11 is 1.90. The highest BCUT2D eigenvalue weighted by atomic mass is 32.2. The minimum atomic E-state index is 0.384. The van der Waals surface area contributed by atoms with Crippen molar-refractivity contribution in [1.29, 1.82) is 0 Å². The van der Waals surface area contributed by atoms with Crippen molar-refractivity contribution < 1.29 is 0 Å². The van der Waals surface area contributed by atoms with E-state index in [1.54, 1.807) is 0 Å². The predicted molar refractivity (Wildman–Crippen MR) is 89.5 cm³/mol. The molecule has 1 N–H and O–H groups in total. The van der Waals surface area contributed by atoms with Gasteiger partial charge in [-0.1, -0.05) is 27.7 Å². The van der Waals surface area contributed by atoms with Gasteiger partial charge in [-0.05, 0) is 38.2 Å². The first kappa shape index (κ1) is 17.5. The van der Waals surface area contributed by atoms with Crippen LogP contribution in [0.3, 0.4) is 0 Å². The van der Waals surface area contributed by atoms with E-state index in [0.29, 0.717) is 6.04 Å². The highest BCUT2D eigenvalue weighted by molar-refractivity contribution is 7.99. The zero-order chi connectivity index (χ0) is 14.8. The Morgan fingerprint density at radius 1 is 1.20 bits per heavy atom. The summed E-state index contributed by atoms with van der Waals surface area (Å²) in [6.07, 6.45) is 3.09. The Morgan fingerprint density at radius 3 is 2.45 bits per heavy atom. The number of nitrogens with one attached hydrogen (secondary N) is 1. The average molecular weight is 295 g/mol. The standard InChI is InChI=1S/C16H29N3S/c1-5-15(17-6-2)16-10-9-14(13-18-16)20-12-11-19(7-3)8-4/h9-10,13,15,17H,5-8,11-12H2,1-4H3. The van der Waals surface area contributed by atoms with Crippen LogP contribution in [-0.2, 0) is 0 Å². The second-order valence-electron chi connectivity index (χ2n) is 4.81. The Hall–Kier alpha value is -0.580. The zero-order valence-corrected chi connectivity index (χ0v) is 14.2. The van der Waals surface area contributed by atoms with Crippen molar-refractivity contribution in [1.82, 2.24) is 15.2 Å². The summed E-state index contributed by atoms with van der Waals surface area (Å²) in [5.74, 6) is 1.13. The van der Waals surface area contributed by atoms with Crippen molar-refractivity contribution in [2.24, 2.45) is 0 Å². The first-order valence-corrected chi connectivity index (χ1v) is 8.78. The first-order valence-electron chi connectivity index (χ1n) is 7.79. The molecule has 20 heavy (non-hydrogen) atoms. The first-order chi connectivity index (χ1) is 9.74. The van der Waals surface area contributed by atoms with Crippen molar-refractivity contribution in [2.45, 2.75) is 45.1 Å². The molecule has 0 aromatic carbocycles. The topological polar surface area (TPSA) is 28.2 Å². The molecule has 0 saturated heterocycles. The third kappa shape index (κ3) is 5.81. The van der Waals surface area contributed by atoms with Crippen molar-refractivity contribution >= 4 is 11.8 Å². The van der Waals surface area contributed by atoms with Gasteiger partial charge in [0.05, 0.1) is 5.69 Å². The second kappa shape index (κ2) is 10.2. The SMILES string of the molecule is CCNC(CC)c1ccc(SCCN(CC)CC)cn1. The largest absolute Gasteiger partial charge is 0.309 e. The molecule has 3 nitrogen and oxygen atoms in total. The lowest BCUT2D eigenvalue weighted by molar-refractivity contribution is 0.324. The molecule has 1 rings (SSSR count). The van der Waals surface area contributed by atoms with E-state index in [-0.39, 0.29) is 0 Å². The molecule has 0 radical (unpaired) electrons. The number of thioether (sulfide) groups is 1. The van der Waals surface area contributed by atoms with Crippen LogP contribution in [0.2, 0.25) is 0 Å². The van der Waals surface area contributed by atoms with Crippen LogP contribution in [0.4, 0.5) is 0 Å². The minimum absolute atomic E-state index is 0.384. The number of aromatic nitrogens is 1. The number of hydrogen-bond donors (Lipinski definition) is 1. The van der Waals surface area contributed by atoms with Crippen molar-refractivity contribution in [3.05, 3.63) is 24.0 Å². The molecule has 1 atom stereocenters. The van der Waals surface area contributed by atoms with Gasteiger partial charge in [-0.3, -0.25) is 4.98 Å². The van der Waals surface area contributed by atoms with Crippen LogP contribution in [0.1, 0.15) is 45.9 Å². The minimum Gasteiger partial charge on any atom is -0.309 e. The van der Waals surface area contributed by atoms with Crippen LogP contribution in [0.5, 0.6) is 0 Å². The van der Waals surface area contributed by atoms with Gasteiger partial charge in [0.15, 0.2) is 0 Å².